The number of rotatable bonds is 5. The van der Waals surface area contributed by atoms with Crippen LogP contribution in [0.2, 0.25) is 0 Å². The molecule has 5 nitrogen and oxygen atoms in total. The number of carbonyl (C=O) groups is 2. The number of nitrogens with one attached hydrogen (secondary N) is 1. The molecule has 1 aromatic rings. The van der Waals surface area contributed by atoms with E-state index in [1.807, 2.05) is 36.1 Å². The highest BCUT2D eigenvalue weighted by Gasteiger charge is 2.39. The van der Waals surface area contributed by atoms with E-state index in [0.717, 1.165) is 38.2 Å². The zero-order valence-corrected chi connectivity index (χ0v) is 15.8. The lowest BCUT2D eigenvalue weighted by Crippen LogP contribution is -2.45. The van der Waals surface area contributed by atoms with E-state index < -0.39 is 0 Å². The van der Waals surface area contributed by atoms with E-state index >= 15 is 0 Å². The van der Waals surface area contributed by atoms with Crippen LogP contribution in [0.3, 0.4) is 0 Å². The maximum absolute atomic E-state index is 13.0. The van der Waals surface area contributed by atoms with Crippen molar-refractivity contribution in [1.29, 1.82) is 0 Å². The fourth-order valence-electron chi connectivity index (χ4n) is 3.70. The predicted molar refractivity (Wildman–Crippen MR) is 102 cm³/mol. The van der Waals surface area contributed by atoms with E-state index in [9.17, 15) is 9.59 Å². The van der Waals surface area contributed by atoms with E-state index in [1.54, 1.807) is 4.90 Å². The molecule has 2 aliphatic rings. The van der Waals surface area contributed by atoms with Gasteiger partial charge in [-0.2, -0.15) is 0 Å². The molecular formula is C19H28ClN3O2. The summed E-state index contributed by atoms with van der Waals surface area (Å²) < 4.78 is 0. The van der Waals surface area contributed by atoms with Crippen molar-refractivity contribution in [2.75, 3.05) is 31.1 Å². The first-order valence-corrected chi connectivity index (χ1v) is 8.98. The molecule has 2 fully saturated rings. The molecule has 6 heteroatoms. The first-order valence-electron chi connectivity index (χ1n) is 8.98. The molecule has 0 saturated carbocycles. The third-order valence-electron chi connectivity index (χ3n) is 5.04. The van der Waals surface area contributed by atoms with Gasteiger partial charge in [-0.15, -0.1) is 12.4 Å². The minimum atomic E-state index is -0.217. The first-order chi connectivity index (χ1) is 11.6. The van der Waals surface area contributed by atoms with E-state index in [4.69, 9.17) is 0 Å². The average Bonchev–Trinajstić information content (AvgIpc) is 3.23. The second-order valence-corrected chi connectivity index (χ2v) is 6.92. The summed E-state index contributed by atoms with van der Waals surface area (Å²) >= 11 is 0. The van der Waals surface area contributed by atoms with Gasteiger partial charge in [-0.05, 0) is 38.4 Å². The third-order valence-corrected chi connectivity index (χ3v) is 5.04. The molecule has 0 aromatic heterocycles. The molecule has 3 rings (SSSR count). The molecule has 0 bridgehead atoms. The molecule has 2 unspecified atom stereocenters. The van der Waals surface area contributed by atoms with Gasteiger partial charge in [-0.25, -0.2) is 0 Å². The summed E-state index contributed by atoms with van der Waals surface area (Å²) in [4.78, 5) is 29.2. The lowest BCUT2D eigenvalue weighted by molar-refractivity contribution is -0.137. The van der Waals surface area contributed by atoms with Gasteiger partial charge in [0.1, 0.15) is 0 Å². The monoisotopic (exact) mass is 365 g/mol. The van der Waals surface area contributed by atoms with Gasteiger partial charge in [0.25, 0.3) is 0 Å². The number of aryl methyl sites for hydroxylation is 1. The minimum absolute atomic E-state index is 0. The Labute approximate surface area is 156 Å². The highest BCUT2D eigenvalue weighted by molar-refractivity contribution is 6.00. The largest absolute Gasteiger partial charge is 0.338 e. The molecular weight excluding hydrogens is 338 g/mol. The Hall–Kier alpha value is -1.59. The molecule has 2 amide bonds. The molecule has 2 heterocycles. The maximum atomic E-state index is 13.0. The van der Waals surface area contributed by atoms with Crippen LogP contribution in [0.4, 0.5) is 5.69 Å². The summed E-state index contributed by atoms with van der Waals surface area (Å²) in [6.45, 7) is 7.24. The minimum Gasteiger partial charge on any atom is -0.338 e. The van der Waals surface area contributed by atoms with Crippen molar-refractivity contribution in [1.82, 2.24) is 10.2 Å². The number of carbonyl (C=O) groups excluding carboxylic acids is 2. The number of hydrogen-bond donors (Lipinski definition) is 1. The van der Waals surface area contributed by atoms with Crippen LogP contribution in [0, 0.1) is 12.8 Å². The highest BCUT2D eigenvalue weighted by Crippen LogP contribution is 2.27. The second kappa shape index (κ2) is 8.68. The second-order valence-electron chi connectivity index (χ2n) is 6.92. The SMILES string of the molecule is CCCN(C(=O)C1CC(=O)N(c2ccc(C)cc2)C1)C1CCNC1.Cl. The number of nitrogens with zero attached hydrogens (tertiary/aromatic N) is 2. The topological polar surface area (TPSA) is 52.7 Å². The fourth-order valence-corrected chi connectivity index (χ4v) is 3.70. The Morgan fingerprint density at radius 2 is 2.04 bits per heavy atom. The van der Waals surface area contributed by atoms with Crippen molar-refractivity contribution in [3.63, 3.8) is 0 Å². The first kappa shape index (κ1) is 19.7. The van der Waals surface area contributed by atoms with Crippen LogP contribution >= 0.6 is 12.4 Å². The number of benzene rings is 1. The van der Waals surface area contributed by atoms with Crippen LogP contribution in [0.25, 0.3) is 0 Å². The summed E-state index contributed by atoms with van der Waals surface area (Å²) in [7, 11) is 0. The summed E-state index contributed by atoms with van der Waals surface area (Å²) in [6.07, 6.45) is 2.28. The van der Waals surface area contributed by atoms with Gasteiger partial charge in [0, 0.05) is 37.8 Å². The standard InChI is InChI=1S/C19H27N3O2.ClH/c1-3-10-21(17-8-9-20-12-17)19(24)15-11-18(23)22(13-15)16-6-4-14(2)5-7-16;/h4-7,15,17,20H,3,8-13H2,1-2H3;1H. The lowest BCUT2D eigenvalue weighted by Gasteiger charge is -2.30. The van der Waals surface area contributed by atoms with E-state index in [0.29, 0.717) is 13.0 Å². The molecule has 2 aliphatic heterocycles. The maximum Gasteiger partial charge on any atom is 0.228 e. The Bertz CT molecular complexity index is 599. The van der Waals surface area contributed by atoms with Crippen molar-refractivity contribution in [3.8, 4) is 0 Å². The van der Waals surface area contributed by atoms with E-state index in [2.05, 4.69) is 12.2 Å². The van der Waals surface area contributed by atoms with Gasteiger partial charge >= 0.3 is 0 Å². The number of hydrogen-bond acceptors (Lipinski definition) is 3. The smallest absolute Gasteiger partial charge is 0.228 e. The van der Waals surface area contributed by atoms with Gasteiger partial charge in [0.2, 0.25) is 11.8 Å². The van der Waals surface area contributed by atoms with Crippen molar-refractivity contribution in [3.05, 3.63) is 29.8 Å². The van der Waals surface area contributed by atoms with Gasteiger partial charge < -0.3 is 15.1 Å². The lowest BCUT2D eigenvalue weighted by atomic mass is 10.0. The van der Waals surface area contributed by atoms with Crippen molar-refractivity contribution in [2.45, 2.75) is 39.2 Å². The Morgan fingerprint density at radius 3 is 2.64 bits per heavy atom. The molecule has 2 saturated heterocycles. The van der Waals surface area contributed by atoms with Gasteiger partial charge in [0.15, 0.2) is 0 Å². The van der Waals surface area contributed by atoms with E-state index in [1.165, 1.54) is 5.56 Å². The molecule has 25 heavy (non-hydrogen) atoms. The molecule has 2 atom stereocenters. The van der Waals surface area contributed by atoms with Gasteiger partial charge in [-0.1, -0.05) is 24.6 Å². The fraction of sp³-hybridized carbons (Fsp3) is 0.579. The van der Waals surface area contributed by atoms with Crippen LogP contribution in [0.5, 0.6) is 0 Å². The quantitative estimate of drug-likeness (QED) is 0.871. The van der Waals surface area contributed by atoms with Gasteiger partial charge in [0.05, 0.1) is 5.92 Å². The summed E-state index contributed by atoms with van der Waals surface area (Å²) in [5.74, 6) is -0.0161. The zero-order valence-electron chi connectivity index (χ0n) is 15.0. The van der Waals surface area contributed by atoms with Crippen molar-refractivity contribution < 1.29 is 9.59 Å². The highest BCUT2D eigenvalue weighted by atomic mass is 35.5. The molecule has 1 N–H and O–H groups in total. The van der Waals surface area contributed by atoms with Crippen LogP contribution < -0.4 is 10.2 Å². The third kappa shape index (κ3) is 4.33. The molecule has 0 radical (unpaired) electrons. The van der Waals surface area contributed by atoms with E-state index in [-0.39, 0.29) is 36.2 Å². The summed E-state index contributed by atoms with van der Waals surface area (Å²) in [5.41, 5.74) is 2.06. The zero-order chi connectivity index (χ0) is 17.1. The normalized spacial score (nSPS) is 22.8. The van der Waals surface area contributed by atoms with Crippen molar-refractivity contribution >= 4 is 29.9 Å². The van der Waals surface area contributed by atoms with Crippen LogP contribution in [-0.4, -0.2) is 48.9 Å². The van der Waals surface area contributed by atoms with Crippen molar-refractivity contribution in [2.24, 2.45) is 5.92 Å². The van der Waals surface area contributed by atoms with Crippen LogP contribution in [0.1, 0.15) is 31.7 Å². The van der Waals surface area contributed by atoms with Gasteiger partial charge in [-0.3, -0.25) is 9.59 Å². The van der Waals surface area contributed by atoms with Crippen LogP contribution in [0.15, 0.2) is 24.3 Å². The number of anilines is 1. The predicted octanol–water partition coefficient (Wildman–Crippen LogP) is 2.37. The molecule has 0 spiro atoms. The van der Waals surface area contributed by atoms with Crippen LogP contribution in [-0.2, 0) is 9.59 Å². The molecule has 138 valence electrons. The summed E-state index contributed by atoms with van der Waals surface area (Å²) in [6, 6.07) is 8.22. The summed E-state index contributed by atoms with van der Waals surface area (Å²) in [5, 5.41) is 3.33. The Morgan fingerprint density at radius 1 is 1.32 bits per heavy atom. The molecule has 0 aliphatic carbocycles. The Kier molecular flexibility index (Phi) is 6.85. The number of amides is 2. The molecule has 1 aromatic carbocycles. The number of halogens is 1. The Balaban J connectivity index is 0.00000225. The average molecular weight is 366 g/mol.